The van der Waals surface area contributed by atoms with E-state index >= 15 is 0 Å². The molecule has 2 aromatic heterocycles. The Morgan fingerprint density at radius 3 is 2.74 bits per heavy atom. The maximum atomic E-state index is 12.9. The largest absolute Gasteiger partial charge is 0.489 e. The number of benzene rings is 1. The summed E-state index contributed by atoms with van der Waals surface area (Å²) in [5.74, 6) is 1.12. The molecule has 8 nitrogen and oxygen atoms in total. The summed E-state index contributed by atoms with van der Waals surface area (Å²) >= 11 is 0. The Morgan fingerprint density at radius 2 is 2.00 bits per heavy atom. The molecule has 1 aromatic carbocycles. The van der Waals surface area contributed by atoms with Crippen LogP contribution < -0.4 is 4.74 Å². The molecule has 31 heavy (non-hydrogen) atoms. The molecule has 0 bridgehead atoms. The number of likely N-dealkylation sites (tertiary alicyclic amines) is 1. The molecule has 0 spiro atoms. The van der Waals surface area contributed by atoms with E-state index in [1.165, 1.54) is 0 Å². The summed E-state index contributed by atoms with van der Waals surface area (Å²) in [6, 6.07) is 7.41. The van der Waals surface area contributed by atoms with Gasteiger partial charge in [0.1, 0.15) is 17.5 Å². The molecule has 2 aliphatic rings. The average Bonchev–Trinajstić information content (AvgIpc) is 3.43. The Labute approximate surface area is 179 Å². The molecule has 4 heterocycles. The van der Waals surface area contributed by atoms with E-state index in [0.29, 0.717) is 36.5 Å². The third-order valence-electron chi connectivity index (χ3n) is 6.17. The highest BCUT2D eigenvalue weighted by Gasteiger charge is 2.35. The lowest BCUT2D eigenvalue weighted by Gasteiger charge is -2.37. The zero-order valence-electron chi connectivity index (χ0n) is 17.6. The highest BCUT2D eigenvalue weighted by molar-refractivity contribution is 6.00. The zero-order valence-corrected chi connectivity index (χ0v) is 17.6. The first-order chi connectivity index (χ1) is 15.0. The van der Waals surface area contributed by atoms with E-state index in [-0.39, 0.29) is 29.5 Å². The fourth-order valence-electron chi connectivity index (χ4n) is 4.42. The van der Waals surface area contributed by atoms with Crippen LogP contribution in [0.1, 0.15) is 45.7 Å². The van der Waals surface area contributed by atoms with Crippen LogP contribution in [0.15, 0.2) is 41.2 Å². The number of Topliss-reactive ketones (excluding diaryl/α,β-unsaturated/α-hetero) is 1. The second kappa shape index (κ2) is 7.68. The number of rotatable bonds is 3. The first kappa shape index (κ1) is 19.5. The van der Waals surface area contributed by atoms with Crippen molar-refractivity contribution in [1.82, 2.24) is 19.8 Å². The molecule has 2 aliphatic heterocycles. The first-order valence-electron chi connectivity index (χ1n) is 10.5. The zero-order chi connectivity index (χ0) is 21.5. The molecule has 0 saturated carbocycles. The van der Waals surface area contributed by atoms with Crippen molar-refractivity contribution in [2.24, 2.45) is 13.0 Å². The molecular formula is C23H24N4O4. The standard InChI is InChI=1S/C23H24N4O4/c1-14-3-4-20-17(9-14)19(28)11-21(30-20)15-5-7-27(8-6-15)23(29)22-10-18(25-31-22)16-12-24-26(2)13-16/h3-4,9-10,12-13,15,21H,5-8,11H2,1-2H3/t21-/m0/s1. The molecule has 0 radical (unpaired) electrons. The summed E-state index contributed by atoms with van der Waals surface area (Å²) < 4.78 is 13.1. The summed E-state index contributed by atoms with van der Waals surface area (Å²) in [7, 11) is 1.82. The molecule has 0 N–H and O–H groups in total. The van der Waals surface area contributed by atoms with Gasteiger partial charge in [-0.1, -0.05) is 16.8 Å². The molecule has 160 valence electrons. The molecule has 0 unspecified atom stereocenters. The van der Waals surface area contributed by atoms with Gasteiger partial charge in [0.2, 0.25) is 5.76 Å². The highest BCUT2D eigenvalue weighted by atomic mass is 16.5. The van der Waals surface area contributed by atoms with Gasteiger partial charge in [-0.15, -0.1) is 0 Å². The normalized spacial score (nSPS) is 19.2. The quantitative estimate of drug-likeness (QED) is 0.646. The third kappa shape index (κ3) is 3.73. The van der Waals surface area contributed by atoms with Crippen LogP contribution in [0.2, 0.25) is 0 Å². The van der Waals surface area contributed by atoms with E-state index in [4.69, 9.17) is 9.26 Å². The predicted octanol–water partition coefficient (Wildman–Crippen LogP) is 3.27. The maximum Gasteiger partial charge on any atom is 0.292 e. The number of aryl methyl sites for hydroxylation is 2. The fraction of sp³-hybridized carbons (Fsp3) is 0.391. The summed E-state index contributed by atoms with van der Waals surface area (Å²) in [6.45, 7) is 3.17. The minimum Gasteiger partial charge on any atom is -0.489 e. The van der Waals surface area contributed by atoms with Gasteiger partial charge in [0, 0.05) is 44.4 Å². The van der Waals surface area contributed by atoms with Crippen molar-refractivity contribution >= 4 is 11.7 Å². The summed E-state index contributed by atoms with van der Waals surface area (Å²) in [5.41, 5.74) is 3.13. The molecule has 1 saturated heterocycles. The molecule has 1 atom stereocenters. The molecule has 3 aromatic rings. The van der Waals surface area contributed by atoms with E-state index in [1.807, 2.05) is 38.4 Å². The van der Waals surface area contributed by atoms with Gasteiger partial charge in [-0.2, -0.15) is 5.10 Å². The van der Waals surface area contributed by atoms with Crippen molar-refractivity contribution in [3.63, 3.8) is 0 Å². The minimum absolute atomic E-state index is 0.137. The number of hydrogen-bond donors (Lipinski definition) is 0. The Bertz CT molecular complexity index is 1140. The lowest BCUT2D eigenvalue weighted by Crippen LogP contribution is -2.44. The van der Waals surface area contributed by atoms with Gasteiger partial charge in [0.05, 0.1) is 11.8 Å². The van der Waals surface area contributed by atoms with Crippen LogP contribution >= 0.6 is 0 Å². The van der Waals surface area contributed by atoms with Gasteiger partial charge >= 0.3 is 0 Å². The monoisotopic (exact) mass is 420 g/mol. The Balaban J connectivity index is 1.22. The number of ether oxygens (including phenoxy) is 1. The SMILES string of the molecule is Cc1ccc2c(c1)C(=O)C[C@@H](C1CCN(C(=O)c3cc(-c4cnn(C)c4)no3)CC1)O2. The summed E-state index contributed by atoms with van der Waals surface area (Å²) in [6.07, 6.45) is 5.34. The van der Waals surface area contributed by atoms with Crippen molar-refractivity contribution in [1.29, 1.82) is 0 Å². The Hall–Kier alpha value is -3.42. The van der Waals surface area contributed by atoms with Crippen molar-refractivity contribution in [2.75, 3.05) is 13.1 Å². The number of nitrogens with zero attached hydrogens (tertiary/aromatic N) is 4. The third-order valence-corrected chi connectivity index (χ3v) is 6.17. The van der Waals surface area contributed by atoms with Crippen molar-refractivity contribution < 1.29 is 18.8 Å². The molecule has 5 rings (SSSR count). The lowest BCUT2D eigenvalue weighted by molar-refractivity contribution is 0.0432. The van der Waals surface area contributed by atoms with E-state index < -0.39 is 0 Å². The number of carbonyl (C=O) groups excluding carboxylic acids is 2. The fourth-order valence-corrected chi connectivity index (χ4v) is 4.42. The minimum atomic E-state index is -0.164. The second-order valence-corrected chi connectivity index (χ2v) is 8.39. The molecule has 1 fully saturated rings. The topological polar surface area (TPSA) is 90.5 Å². The molecular weight excluding hydrogens is 396 g/mol. The van der Waals surface area contributed by atoms with Gasteiger partial charge < -0.3 is 14.2 Å². The number of hydrogen-bond acceptors (Lipinski definition) is 6. The number of amides is 1. The molecule has 0 aliphatic carbocycles. The average molecular weight is 420 g/mol. The van der Waals surface area contributed by atoms with E-state index in [9.17, 15) is 9.59 Å². The molecule has 1 amide bonds. The van der Waals surface area contributed by atoms with Gasteiger partial charge in [-0.25, -0.2) is 0 Å². The van der Waals surface area contributed by atoms with Crippen molar-refractivity contribution in [3.05, 3.63) is 53.5 Å². The lowest BCUT2D eigenvalue weighted by atomic mass is 9.85. The van der Waals surface area contributed by atoms with Gasteiger partial charge in [0.25, 0.3) is 5.91 Å². The van der Waals surface area contributed by atoms with Crippen LogP contribution in [0.5, 0.6) is 5.75 Å². The smallest absolute Gasteiger partial charge is 0.292 e. The number of ketones is 1. The summed E-state index contributed by atoms with van der Waals surface area (Å²) in [4.78, 5) is 27.2. The molecule has 8 heteroatoms. The van der Waals surface area contributed by atoms with Crippen LogP contribution in [-0.4, -0.2) is 50.7 Å². The van der Waals surface area contributed by atoms with E-state index in [1.54, 1.807) is 21.8 Å². The van der Waals surface area contributed by atoms with Crippen LogP contribution in [0, 0.1) is 12.8 Å². The highest BCUT2D eigenvalue weighted by Crippen LogP contribution is 2.34. The van der Waals surface area contributed by atoms with Crippen LogP contribution in [0.3, 0.4) is 0 Å². The number of carbonyl (C=O) groups is 2. The Morgan fingerprint density at radius 1 is 1.19 bits per heavy atom. The summed E-state index contributed by atoms with van der Waals surface area (Å²) in [5, 5.41) is 8.12. The van der Waals surface area contributed by atoms with Crippen molar-refractivity contribution in [2.45, 2.75) is 32.3 Å². The van der Waals surface area contributed by atoms with Crippen LogP contribution in [0.4, 0.5) is 0 Å². The van der Waals surface area contributed by atoms with Crippen molar-refractivity contribution in [3.8, 4) is 17.0 Å². The predicted molar refractivity (Wildman–Crippen MR) is 112 cm³/mol. The van der Waals surface area contributed by atoms with Gasteiger partial charge in [-0.05, 0) is 37.8 Å². The van der Waals surface area contributed by atoms with Crippen LogP contribution in [0.25, 0.3) is 11.3 Å². The maximum absolute atomic E-state index is 12.9. The first-order valence-corrected chi connectivity index (χ1v) is 10.5. The second-order valence-electron chi connectivity index (χ2n) is 8.39. The Kier molecular flexibility index (Phi) is 4.84. The van der Waals surface area contributed by atoms with Crippen LogP contribution in [-0.2, 0) is 7.05 Å². The number of fused-ring (bicyclic) bond motifs is 1. The van der Waals surface area contributed by atoms with E-state index in [0.717, 1.165) is 24.0 Å². The van der Waals surface area contributed by atoms with E-state index in [2.05, 4.69) is 10.3 Å². The van der Waals surface area contributed by atoms with Gasteiger partial charge in [-0.3, -0.25) is 14.3 Å². The number of aromatic nitrogens is 3. The van der Waals surface area contributed by atoms with Gasteiger partial charge in [0.15, 0.2) is 5.78 Å². The number of piperidine rings is 1.